The molecule has 0 aromatic carbocycles. The van der Waals surface area contributed by atoms with Crippen molar-refractivity contribution in [1.29, 1.82) is 0 Å². The Kier molecular flexibility index (Phi) is 10.2. The second kappa shape index (κ2) is 11.4. The van der Waals surface area contributed by atoms with Crippen molar-refractivity contribution in [3.8, 4) is 35.5 Å². The lowest BCUT2D eigenvalue weighted by atomic mass is 10.1. The first-order chi connectivity index (χ1) is 7.81. The van der Waals surface area contributed by atoms with Crippen molar-refractivity contribution in [2.75, 3.05) is 6.61 Å². The van der Waals surface area contributed by atoms with E-state index in [1.54, 1.807) is 13.0 Å². The van der Waals surface area contributed by atoms with Crippen LogP contribution in [0.15, 0.2) is 12.2 Å². The third-order valence-electron chi connectivity index (χ3n) is 1.71. The molecule has 0 spiro atoms. The van der Waals surface area contributed by atoms with Gasteiger partial charge in [-0.3, -0.25) is 0 Å². The van der Waals surface area contributed by atoms with Crippen LogP contribution in [0.25, 0.3) is 0 Å². The predicted molar refractivity (Wildman–Crippen MR) is 65.1 cm³/mol. The van der Waals surface area contributed by atoms with Crippen molar-refractivity contribution in [2.24, 2.45) is 0 Å². The summed E-state index contributed by atoms with van der Waals surface area (Å²) in [5, 5.41) is 17.8. The molecule has 2 heteroatoms. The van der Waals surface area contributed by atoms with Crippen molar-refractivity contribution in [2.45, 2.75) is 32.3 Å². The van der Waals surface area contributed by atoms with Gasteiger partial charge in [-0.2, -0.15) is 0 Å². The fourth-order valence-corrected chi connectivity index (χ4v) is 0.927. The van der Waals surface area contributed by atoms with Crippen LogP contribution >= 0.6 is 0 Å². The summed E-state index contributed by atoms with van der Waals surface area (Å²) >= 11 is 0. The van der Waals surface area contributed by atoms with Crippen LogP contribution in [-0.4, -0.2) is 22.9 Å². The van der Waals surface area contributed by atoms with Crippen LogP contribution in [0.4, 0.5) is 0 Å². The number of allylic oxidation sites excluding steroid dienone is 2. The molecule has 0 amide bonds. The highest BCUT2D eigenvalue weighted by Gasteiger charge is 1.99. The van der Waals surface area contributed by atoms with E-state index in [0.717, 1.165) is 6.42 Å². The fourth-order valence-electron chi connectivity index (χ4n) is 0.927. The van der Waals surface area contributed by atoms with Crippen LogP contribution in [0.2, 0.25) is 0 Å². The van der Waals surface area contributed by atoms with Crippen LogP contribution in [0.3, 0.4) is 0 Å². The van der Waals surface area contributed by atoms with Gasteiger partial charge in [-0.15, -0.1) is 0 Å². The summed E-state index contributed by atoms with van der Waals surface area (Å²) < 4.78 is 0. The molecule has 0 saturated heterocycles. The van der Waals surface area contributed by atoms with E-state index in [1.807, 2.05) is 6.08 Å². The smallest absolute Gasteiger partial charge is 0.0565 e. The molecule has 0 aliphatic rings. The highest BCUT2D eigenvalue weighted by atomic mass is 16.3. The number of aliphatic hydroxyl groups is 2. The van der Waals surface area contributed by atoms with Crippen LogP contribution < -0.4 is 0 Å². The number of hydrogen-bond donors (Lipinski definition) is 2. The van der Waals surface area contributed by atoms with Gasteiger partial charge in [0.2, 0.25) is 0 Å². The molecule has 0 saturated carbocycles. The lowest BCUT2D eigenvalue weighted by molar-refractivity contribution is 0.126. The average Bonchev–Trinajstić information content (AvgIpc) is 2.27. The Morgan fingerprint density at radius 3 is 2.56 bits per heavy atom. The molecule has 0 aliphatic carbocycles. The molecule has 0 rings (SSSR count). The van der Waals surface area contributed by atoms with Crippen LogP contribution in [0.1, 0.15) is 26.2 Å². The van der Waals surface area contributed by atoms with E-state index in [2.05, 4.69) is 35.5 Å². The largest absolute Gasteiger partial charge is 0.396 e. The van der Waals surface area contributed by atoms with Gasteiger partial charge < -0.3 is 10.2 Å². The molecule has 0 aromatic heterocycles. The van der Waals surface area contributed by atoms with E-state index in [1.165, 1.54) is 0 Å². The lowest BCUT2D eigenvalue weighted by Crippen LogP contribution is -2.07. The highest BCUT2D eigenvalue weighted by molar-refractivity contribution is 5.37. The minimum absolute atomic E-state index is 0.0265. The Balaban J connectivity index is 3.69. The Hall–Kier alpha value is -1.66. The summed E-state index contributed by atoms with van der Waals surface area (Å²) in [4.78, 5) is 0. The lowest BCUT2D eigenvalue weighted by Gasteiger charge is -2.04. The second-order valence-corrected chi connectivity index (χ2v) is 3.04. The second-order valence-electron chi connectivity index (χ2n) is 3.04. The first kappa shape index (κ1) is 14.3. The van der Waals surface area contributed by atoms with Crippen molar-refractivity contribution >= 4 is 0 Å². The zero-order chi connectivity index (χ0) is 12.1. The Morgan fingerprint density at radius 1 is 1.12 bits per heavy atom. The molecule has 0 radical (unpaired) electrons. The van der Waals surface area contributed by atoms with Crippen molar-refractivity contribution in [1.82, 2.24) is 0 Å². The minimum Gasteiger partial charge on any atom is -0.396 e. The number of rotatable bonds is 5. The molecule has 84 valence electrons. The molecule has 0 aromatic rings. The Bertz CT molecular complexity index is 374. The maximum absolute atomic E-state index is 9.28. The van der Waals surface area contributed by atoms with Gasteiger partial charge in [0.1, 0.15) is 0 Å². The molecule has 16 heavy (non-hydrogen) atoms. The predicted octanol–water partition coefficient (Wildman–Crippen LogP) is 1.10. The van der Waals surface area contributed by atoms with Gasteiger partial charge in [0.25, 0.3) is 0 Å². The maximum Gasteiger partial charge on any atom is 0.0565 e. The monoisotopic (exact) mass is 216 g/mol. The first-order valence-electron chi connectivity index (χ1n) is 5.17. The van der Waals surface area contributed by atoms with Crippen LogP contribution in [-0.2, 0) is 0 Å². The summed E-state index contributed by atoms with van der Waals surface area (Å²) in [6.45, 7) is 1.75. The Morgan fingerprint density at radius 2 is 1.88 bits per heavy atom. The van der Waals surface area contributed by atoms with Gasteiger partial charge >= 0.3 is 0 Å². The molecule has 2 nitrogen and oxygen atoms in total. The number of aliphatic hydroxyl groups excluding tert-OH is 2. The quantitative estimate of drug-likeness (QED) is 0.675. The molecular formula is C14H16O2. The highest BCUT2D eigenvalue weighted by Crippen LogP contribution is 2.01. The molecular weight excluding hydrogens is 200 g/mol. The zero-order valence-corrected chi connectivity index (χ0v) is 9.45. The molecule has 1 unspecified atom stereocenters. The third kappa shape index (κ3) is 10.4. The SMILES string of the molecule is CC#CC#CC#C/C=C/CCC(O)CCO. The van der Waals surface area contributed by atoms with Crippen LogP contribution in [0.5, 0.6) is 0 Å². The van der Waals surface area contributed by atoms with Gasteiger partial charge in [0, 0.05) is 6.61 Å². The Labute approximate surface area is 97.4 Å². The van der Waals surface area contributed by atoms with E-state index < -0.39 is 6.10 Å². The van der Waals surface area contributed by atoms with Crippen molar-refractivity contribution in [3.63, 3.8) is 0 Å². The van der Waals surface area contributed by atoms with E-state index in [4.69, 9.17) is 5.11 Å². The van der Waals surface area contributed by atoms with E-state index in [0.29, 0.717) is 12.8 Å². The average molecular weight is 216 g/mol. The molecule has 0 fully saturated rings. The number of hydrogen-bond acceptors (Lipinski definition) is 2. The third-order valence-corrected chi connectivity index (χ3v) is 1.71. The maximum atomic E-state index is 9.28. The summed E-state index contributed by atoms with van der Waals surface area (Å²) in [7, 11) is 0. The summed E-state index contributed by atoms with van der Waals surface area (Å²) in [5.41, 5.74) is 0. The zero-order valence-electron chi connectivity index (χ0n) is 9.45. The normalized spacial score (nSPS) is 10.4. The van der Waals surface area contributed by atoms with Gasteiger partial charge in [-0.1, -0.05) is 17.9 Å². The van der Waals surface area contributed by atoms with E-state index >= 15 is 0 Å². The van der Waals surface area contributed by atoms with Crippen molar-refractivity contribution < 1.29 is 10.2 Å². The fraction of sp³-hybridized carbons (Fsp3) is 0.429. The topological polar surface area (TPSA) is 40.5 Å². The summed E-state index contributed by atoms with van der Waals surface area (Å²) in [6.07, 6.45) is 4.98. The van der Waals surface area contributed by atoms with E-state index in [9.17, 15) is 5.11 Å². The van der Waals surface area contributed by atoms with Gasteiger partial charge in [0.15, 0.2) is 0 Å². The minimum atomic E-state index is -0.428. The molecule has 2 N–H and O–H groups in total. The summed E-state index contributed by atoms with van der Waals surface area (Å²) in [6, 6.07) is 0. The summed E-state index contributed by atoms with van der Waals surface area (Å²) in [5.74, 6) is 15.8. The first-order valence-corrected chi connectivity index (χ1v) is 5.17. The molecule has 0 aliphatic heterocycles. The van der Waals surface area contributed by atoms with Crippen LogP contribution in [0, 0.1) is 35.5 Å². The molecule has 0 bridgehead atoms. The van der Waals surface area contributed by atoms with Gasteiger partial charge in [-0.05, 0) is 55.9 Å². The van der Waals surface area contributed by atoms with Crippen molar-refractivity contribution in [3.05, 3.63) is 12.2 Å². The molecule has 1 atom stereocenters. The van der Waals surface area contributed by atoms with E-state index in [-0.39, 0.29) is 6.61 Å². The molecule has 0 heterocycles. The van der Waals surface area contributed by atoms with Gasteiger partial charge in [0.05, 0.1) is 6.10 Å². The standard InChI is InChI=1S/C14H16O2/c1-2-3-4-5-6-7-8-9-10-11-14(16)12-13-15/h8-9,14-16H,10-13H2,1H3/b9-8+. The van der Waals surface area contributed by atoms with Gasteiger partial charge in [-0.25, -0.2) is 0 Å².